The third-order valence-electron chi connectivity index (χ3n) is 3.87. The van der Waals surface area contributed by atoms with Crippen LogP contribution in [0.1, 0.15) is 31.4 Å². The number of aliphatic hydroxyl groups is 1. The lowest BCUT2D eigenvalue weighted by molar-refractivity contribution is -0.0498. The van der Waals surface area contributed by atoms with E-state index in [1.807, 2.05) is 0 Å². The molecule has 1 saturated carbocycles. The lowest BCUT2D eigenvalue weighted by atomic mass is 10.1. The number of nitrogens with one attached hydrogen (secondary N) is 2. The summed E-state index contributed by atoms with van der Waals surface area (Å²) in [7, 11) is 0. The Morgan fingerprint density at radius 1 is 1.36 bits per heavy atom. The van der Waals surface area contributed by atoms with Crippen LogP contribution in [0, 0.1) is 5.41 Å². The maximum atomic E-state index is 12.1. The number of rotatable bonds is 7. The molecule has 1 atom stereocenters. The molecule has 7 heteroatoms. The maximum absolute atomic E-state index is 12.1. The van der Waals surface area contributed by atoms with Crippen molar-refractivity contribution >= 4 is 6.03 Å². The second-order valence-corrected chi connectivity index (χ2v) is 5.65. The van der Waals surface area contributed by atoms with Gasteiger partial charge in [-0.2, -0.15) is 8.78 Å². The lowest BCUT2D eigenvalue weighted by Gasteiger charge is -2.17. The first-order chi connectivity index (χ1) is 10.4. The third kappa shape index (κ3) is 4.56. The minimum atomic E-state index is -2.85. The first-order valence-electron chi connectivity index (χ1n) is 7.14. The molecule has 1 aliphatic rings. The number of aliphatic hydroxyl groups excluding tert-OH is 1. The van der Waals surface area contributed by atoms with E-state index in [0.29, 0.717) is 6.54 Å². The van der Waals surface area contributed by atoms with Gasteiger partial charge in [-0.05, 0) is 37.5 Å². The van der Waals surface area contributed by atoms with E-state index in [4.69, 9.17) is 0 Å². The molecule has 0 heterocycles. The van der Waals surface area contributed by atoms with Crippen LogP contribution in [-0.2, 0) is 0 Å². The molecular formula is C15H20F2N2O3. The summed E-state index contributed by atoms with van der Waals surface area (Å²) in [4.78, 5) is 11.8. The van der Waals surface area contributed by atoms with Crippen molar-refractivity contribution in [1.82, 2.24) is 10.6 Å². The summed E-state index contributed by atoms with van der Waals surface area (Å²) >= 11 is 0. The Balaban J connectivity index is 1.80. The number of amides is 2. The zero-order valence-corrected chi connectivity index (χ0v) is 12.3. The van der Waals surface area contributed by atoms with E-state index in [2.05, 4.69) is 15.4 Å². The summed E-state index contributed by atoms with van der Waals surface area (Å²) in [5, 5.41) is 14.7. The van der Waals surface area contributed by atoms with Crippen LogP contribution in [-0.4, -0.2) is 30.9 Å². The number of hydrogen-bond acceptors (Lipinski definition) is 3. The van der Waals surface area contributed by atoms with Gasteiger partial charge in [0.25, 0.3) is 0 Å². The van der Waals surface area contributed by atoms with Gasteiger partial charge in [0.15, 0.2) is 0 Å². The van der Waals surface area contributed by atoms with E-state index >= 15 is 0 Å². The van der Waals surface area contributed by atoms with Gasteiger partial charge in [0.1, 0.15) is 5.75 Å². The summed E-state index contributed by atoms with van der Waals surface area (Å²) in [5.41, 5.74) is 0.634. The Kier molecular flexibility index (Phi) is 5.18. The molecule has 2 amide bonds. The number of hydrogen-bond donors (Lipinski definition) is 3. The average molecular weight is 314 g/mol. The molecule has 0 radical (unpaired) electrons. The number of carbonyl (C=O) groups is 1. The number of alkyl halides is 2. The summed E-state index contributed by atoms with van der Waals surface area (Å²) in [6, 6.07) is 5.52. The Bertz CT molecular complexity index is 504. The van der Waals surface area contributed by atoms with Crippen LogP contribution in [0.3, 0.4) is 0 Å². The first kappa shape index (κ1) is 16.5. The van der Waals surface area contributed by atoms with Crippen molar-refractivity contribution in [3.63, 3.8) is 0 Å². The molecule has 3 N–H and O–H groups in total. The molecule has 22 heavy (non-hydrogen) atoms. The molecule has 1 aromatic carbocycles. The summed E-state index contributed by atoms with van der Waals surface area (Å²) in [6.45, 7) is -0.535. The molecule has 2 rings (SSSR count). The zero-order valence-electron chi connectivity index (χ0n) is 12.3. The molecule has 1 fully saturated rings. The van der Waals surface area contributed by atoms with Gasteiger partial charge in [-0.1, -0.05) is 12.1 Å². The number of benzene rings is 1. The minimum absolute atomic E-state index is 0.0778. The SMILES string of the molecule is CC(NC(=O)NCC1(CO)CC1)c1ccc(OC(F)F)cc1. The predicted octanol–water partition coefficient (Wildman–Crippen LogP) is 2.42. The van der Waals surface area contributed by atoms with Crippen LogP contribution in [0.2, 0.25) is 0 Å². The van der Waals surface area contributed by atoms with Crippen LogP contribution in [0.25, 0.3) is 0 Å². The monoisotopic (exact) mass is 314 g/mol. The molecule has 1 aliphatic carbocycles. The molecule has 0 aliphatic heterocycles. The van der Waals surface area contributed by atoms with Crippen molar-refractivity contribution < 1.29 is 23.4 Å². The first-order valence-corrected chi connectivity index (χ1v) is 7.14. The topological polar surface area (TPSA) is 70.6 Å². The smallest absolute Gasteiger partial charge is 0.387 e. The van der Waals surface area contributed by atoms with E-state index in [1.165, 1.54) is 12.1 Å². The fourth-order valence-corrected chi connectivity index (χ4v) is 2.10. The van der Waals surface area contributed by atoms with Crippen LogP contribution in [0.15, 0.2) is 24.3 Å². The van der Waals surface area contributed by atoms with E-state index in [-0.39, 0.29) is 29.8 Å². The average Bonchev–Trinajstić information content (AvgIpc) is 3.26. The zero-order chi connectivity index (χ0) is 16.2. The van der Waals surface area contributed by atoms with Gasteiger partial charge in [-0.15, -0.1) is 0 Å². The van der Waals surface area contributed by atoms with E-state index in [9.17, 15) is 18.7 Å². The van der Waals surface area contributed by atoms with Crippen LogP contribution in [0.5, 0.6) is 5.75 Å². The summed E-state index contributed by atoms with van der Waals surface area (Å²) in [6.07, 6.45) is 1.84. The molecule has 0 spiro atoms. The molecule has 5 nitrogen and oxygen atoms in total. The Labute approximate surface area is 127 Å². The van der Waals surface area contributed by atoms with Gasteiger partial charge in [0.2, 0.25) is 0 Å². The molecule has 1 aromatic rings. The maximum Gasteiger partial charge on any atom is 0.387 e. The highest BCUT2D eigenvalue weighted by Crippen LogP contribution is 2.44. The fourth-order valence-electron chi connectivity index (χ4n) is 2.10. The second kappa shape index (κ2) is 6.91. The van der Waals surface area contributed by atoms with E-state index in [1.54, 1.807) is 19.1 Å². The number of ether oxygens (including phenoxy) is 1. The highest BCUT2D eigenvalue weighted by molar-refractivity contribution is 5.74. The van der Waals surface area contributed by atoms with Crippen LogP contribution < -0.4 is 15.4 Å². The van der Waals surface area contributed by atoms with Gasteiger partial charge < -0.3 is 20.5 Å². The Hall–Kier alpha value is -1.89. The van der Waals surface area contributed by atoms with E-state index in [0.717, 1.165) is 18.4 Å². The van der Waals surface area contributed by atoms with Gasteiger partial charge in [-0.25, -0.2) is 4.79 Å². The Morgan fingerprint density at radius 2 is 2.00 bits per heavy atom. The van der Waals surface area contributed by atoms with Crippen molar-refractivity contribution in [2.24, 2.45) is 5.41 Å². The highest BCUT2D eigenvalue weighted by Gasteiger charge is 2.42. The van der Waals surface area contributed by atoms with Gasteiger partial charge >= 0.3 is 12.6 Å². The summed E-state index contributed by atoms with van der Waals surface area (Å²) < 4.78 is 28.4. The highest BCUT2D eigenvalue weighted by atomic mass is 19.3. The fraction of sp³-hybridized carbons (Fsp3) is 0.533. The molecule has 1 unspecified atom stereocenters. The van der Waals surface area contributed by atoms with Crippen molar-refractivity contribution in [3.8, 4) is 5.75 Å². The third-order valence-corrected chi connectivity index (χ3v) is 3.87. The van der Waals surface area contributed by atoms with Crippen LogP contribution in [0.4, 0.5) is 13.6 Å². The predicted molar refractivity (Wildman–Crippen MR) is 76.8 cm³/mol. The number of carbonyl (C=O) groups excluding carboxylic acids is 1. The lowest BCUT2D eigenvalue weighted by Crippen LogP contribution is -2.40. The summed E-state index contributed by atoms with van der Waals surface area (Å²) in [5.74, 6) is 0.0778. The molecule has 122 valence electrons. The number of urea groups is 1. The molecule has 0 bridgehead atoms. The van der Waals surface area contributed by atoms with Gasteiger partial charge in [0.05, 0.1) is 12.6 Å². The van der Waals surface area contributed by atoms with Crippen molar-refractivity contribution in [1.29, 1.82) is 0 Å². The quantitative estimate of drug-likeness (QED) is 0.724. The van der Waals surface area contributed by atoms with Gasteiger partial charge in [-0.3, -0.25) is 0 Å². The molecule has 0 saturated heterocycles. The van der Waals surface area contributed by atoms with Crippen molar-refractivity contribution in [2.75, 3.05) is 13.2 Å². The molecular weight excluding hydrogens is 294 g/mol. The molecule has 0 aromatic heterocycles. The number of halogens is 2. The standard InChI is InChI=1S/C15H20F2N2O3/c1-10(11-2-4-12(5-3-11)22-13(16)17)19-14(21)18-8-15(9-20)6-7-15/h2-5,10,13,20H,6-9H2,1H3,(H2,18,19,21). The Morgan fingerprint density at radius 3 is 2.50 bits per heavy atom. The second-order valence-electron chi connectivity index (χ2n) is 5.65. The van der Waals surface area contributed by atoms with E-state index < -0.39 is 6.61 Å². The largest absolute Gasteiger partial charge is 0.435 e. The normalized spacial score (nSPS) is 17.0. The minimum Gasteiger partial charge on any atom is -0.435 e. The van der Waals surface area contributed by atoms with Gasteiger partial charge in [0, 0.05) is 12.0 Å². The van der Waals surface area contributed by atoms with Crippen molar-refractivity contribution in [2.45, 2.75) is 32.4 Å². The van der Waals surface area contributed by atoms with Crippen LogP contribution >= 0.6 is 0 Å². The van der Waals surface area contributed by atoms with Crippen molar-refractivity contribution in [3.05, 3.63) is 29.8 Å².